The number of ether oxygens (including phenoxy) is 2. The molecule has 0 radical (unpaired) electrons. The number of amides is 1. The van der Waals surface area contributed by atoms with Crippen LogP contribution in [0.5, 0.6) is 11.5 Å². The van der Waals surface area contributed by atoms with Crippen LogP contribution in [0.2, 0.25) is 0 Å². The molecule has 0 bridgehead atoms. The number of hydrogen-bond donors (Lipinski definition) is 0. The van der Waals surface area contributed by atoms with Crippen LogP contribution in [0.1, 0.15) is 24.2 Å². The molecule has 0 aliphatic rings. The highest BCUT2D eigenvalue weighted by Crippen LogP contribution is 2.20. The van der Waals surface area contributed by atoms with Gasteiger partial charge in [0, 0.05) is 13.1 Å². The molecule has 0 saturated carbocycles. The van der Waals surface area contributed by atoms with Gasteiger partial charge in [0.25, 0.3) is 5.91 Å². The van der Waals surface area contributed by atoms with Gasteiger partial charge in [0.05, 0.1) is 5.56 Å². The third-order valence-corrected chi connectivity index (χ3v) is 3.52. The second-order valence-electron chi connectivity index (χ2n) is 4.98. The summed E-state index contributed by atoms with van der Waals surface area (Å²) in [6.45, 7) is 6.12. The largest absolute Gasteiger partial charge is 0.490 e. The Hall–Kier alpha value is -2.49. The van der Waals surface area contributed by atoms with Crippen LogP contribution in [0, 0.1) is 0 Å². The molecule has 4 nitrogen and oxygen atoms in total. The van der Waals surface area contributed by atoms with Crippen molar-refractivity contribution in [2.45, 2.75) is 13.8 Å². The molecule has 0 unspecified atom stereocenters. The van der Waals surface area contributed by atoms with E-state index in [-0.39, 0.29) is 5.91 Å². The summed E-state index contributed by atoms with van der Waals surface area (Å²) in [4.78, 5) is 14.3. The highest BCUT2D eigenvalue weighted by molar-refractivity contribution is 5.96. The molecule has 0 N–H and O–H groups in total. The molecule has 0 spiro atoms. The summed E-state index contributed by atoms with van der Waals surface area (Å²) >= 11 is 0. The van der Waals surface area contributed by atoms with Gasteiger partial charge in [-0.1, -0.05) is 30.3 Å². The molecule has 2 aromatic rings. The van der Waals surface area contributed by atoms with E-state index in [0.717, 1.165) is 5.75 Å². The maximum Gasteiger partial charge on any atom is 0.257 e. The SMILES string of the molecule is CCN(CC)C(=O)c1ccccc1OCCOc1ccccc1. The van der Waals surface area contributed by atoms with Crippen LogP contribution in [0.25, 0.3) is 0 Å². The topological polar surface area (TPSA) is 38.8 Å². The molecule has 0 saturated heterocycles. The van der Waals surface area contributed by atoms with Gasteiger partial charge in [0.2, 0.25) is 0 Å². The van der Waals surface area contributed by atoms with E-state index < -0.39 is 0 Å². The number of rotatable bonds is 8. The van der Waals surface area contributed by atoms with E-state index in [1.807, 2.05) is 62.4 Å². The summed E-state index contributed by atoms with van der Waals surface area (Å²) in [6.07, 6.45) is 0. The molecule has 23 heavy (non-hydrogen) atoms. The highest BCUT2D eigenvalue weighted by atomic mass is 16.5. The number of carbonyl (C=O) groups is 1. The first-order valence-electron chi connectivity index (χ1n) is 7.95. The first kappa shape index (κ1) is 16.9. The number of hydrogen-bond acceptors (Lipinski definition) is 3. The minimum Gasteiger partial charge on any atom is -0.490 e. The molecule has 0 aromatic heterocycles. The van der Waals surface area contributed by atoms with Gasteiger partial charge in [-0.25, -0.2) is 0 Å². The fourth-order valence-corrected chi connectivity index (χ4v) is 2.28. The second-order valence-corrected chi connectivity index (χ2v) is 4.98. The second kappa shape index (κ2) is 8.83. The standard InChI is InChI=1S/C19H23NO3/c1-3-20(4-2)19(21)17-12-8-9-13-18(17)23-15-14-22-16-10-6-5-7-11-16/h5-13H,3-4,14-15H2,1-2H3. The summed E-state index contributed by atoms with van der Waals surface area (Å²) in [6, 6.07) is 16.9. The first-order valence-corrected chi connectivity index (χ1v) is 7.95. The van der Waals surface area contributed by atoms with Gasteiger partial charge in [-0.05, 0) is 38.1 Å². The average Bonchev–Trinajstić information content (AvgIpc) is 2.61. The maximum atomic E-state index is 12.5. The van der Waals surface area contributed by atoms with E-state index in [1.54, 1.807) is 11.0 Å². The summed E-state index contributed by atoms with van der Waals surface area (Å²) in [5.74, 6) is 1.40. The monoisotopic (exact) mass is 313 g/mol. The molecule has 4 heteroatoms. The van der Waals surface area contributed by atoms with Crippen molar-refractivity contribution in [1.82, 2.24) is 4.90 Å². The predicted molar refractivity (Wildman–Crippen MR) is 91.1 cm³/mol. The first-order chi connectivity index (χ1) is 11.3. The molecule has 122 valence electrons. The lowest BCUT2D eigenvalue weighted by molar-refractivity contribution is 0.0767. The Kier molecular flexibility index (Phi) is 6.48. The van der Waals surface area contributed by atoms with E-state index in [0.29, 0.717) is 37.6 Å². The summed E-state index contributed by atoms with van der Waals surface area (Å²) in [7, 11) is 0. The highest BCUT2D eigenvalue weighted by Gasteiger charge is 2.16. The van der Waals surface area contributed by atoms with Gasteiger partial charge < -0.3 is 14.4 Å². The van der Waals surface area contributed by atoms with Crippen LogP contribution < -0.4 is 9.47 Å². The van der Waals surface area contributed by atoms with Gasteiger partial charge >= 0.3 is 0 Å². The summed E-state index contributed by atoms with van der Waals surface area (Å²) < 4.78 is 11.3. The van der Waals surface area contributed by atoms with Gasteiger partial charge in [-0.15, -0.1) is 0 Å². The average molecular weight is 313 g/mol. The minimum absolute atomic E-state index is 0.00502. The zero-order valence-corrected chi connectivity index (χ0v) is 13.7. The van der Waals surface area contributed by atoms with Crippen molar-refractivity contribution in [1.29, 1.82) is 0 Å². The van der Waals surface area contributed by atoms with Crippen molar-refractivity contribution in [2.75, 3.05) is 26.3 Å². The minimum atomic E-state index is -0.00502. The zero-order chi connectivity index (χ0) is 16.5. The van der Waals surface area contributed by atoms with Crippen LogP contribution in [0.15, 0.2) is 54.6 Å². The molecule has 2 aromatic carbocycles. The number of benzene rings is 2. The van der Waals surface area contributed by atoms with E-state index in [2.05, 4.69) is 0 Å². The van der Waals surface area contributed by atoms with Crippen LogP contribution in [0.3, 0.4) is 0 Å². The third-order valence-electron chi connectivity index (χ3n) is 3.52. The number of para-hydroxylation sites is 2. The van der Waals surface area contributed by atoms with Gasteiger partial charge in [-0.3, -0.25) is 4.79 Å². The Morgan fingerprint density at radius 2 is 1.48 bits per heavy atom. The Bertz CT molecular complexity index is 609. The lowest BCUT2D eigenvalue weighted by Crippen LogP contribution is -2.30. The van der Waals surface area contributed by atoms with E-state index in [4.69, 9.17) is 9.47 Å². The van der Waals surface area contributed by atoms with Gasteiger partial charge in [-0.2, -0.15) is 0 Å². The quantitative estimate of drug-likeness (QED) is 0.699. The molecular formula is C19H23NO3. The fraction of sp³-hybridized carbons (Fsp3) is 0.316. The van der Waals surface area contributed by atoms with Crippen LogP contribution >= 0.6 is 0 Å². The Labute approximate surface area is 137 Å². The zero-order valence-electron chi connectivity index (χ0n) is 13.7. The fourth-order valence-electron chi connectivity index (χ4n) is 2.28. The molecule has 0 aliphatic carbocycles. The van der Waals surface area contributed by atoms with Crippen molar-refractivity contribution in [3.8, 4) is 11.5 Å². The Morgan fingerprint density at radius 1 is 0.870 bits per heavy atom. The Morgan fingerprint density at radius 3 is 2.17 bits per heavy atom. The summed E-state index contributed by atoms with van der Waals surface area (Å²) in [5.41, 5.74) is 0.593. The van der Waals surface area contributed by atoms with Crippen molar-refractivity contribution in [3.05, 3.63) is 60.2 Å². The smallest absolute Gasteiger partial charge is 0.257 e. The molecule has 2 rings (SSSR count). The third kappa shape index (κ3) is 4.74. The lowest BCUT2D eigenvalue weighted by atomic mass is 10.1. The molecule has 0 aliphatic heterocycles. The molecule has 1 amide bonds. The van der Waals surface area contributed by atoms with E-state index in [1.165, 1.54) is 0 Å². The van der Waals surface area contributed by atoms with Crippen LogP contribution in [0.4, 0.5) is 0 Å². The molecule has 0 heterocycles. The number of nitrogens with zero attached hydrogens (tertiary/aromatic N) is 1. The van der Waals surface area contributed by atoms with Crippen LogP contribution in [-0.2, 0) is 0 Å². The van der Waals surface area contributed by atoms with Crippen molar-refractivity contribution in [3.63, 3.8) is 0 Å². The molecule has 0 fully saturated rings. The van der Waals surface area contributed by atoms with E-state index in [9.17, 15) is 4.79 Å². The van der Waals surface area contributed by atoms with Gasteiger partial charge in [0.1, 0.15) is 24.7 Å². The van der Waals surface area contributed by atoms with Crippen molar-refractivity contribution < 1.29 is 14.3 Å². The molecule has 0 atom stereocenters. The Balaban J connectivity index is 1.94. The maximum absolute atomic E-state index is 12.5. The number of carbonyl (C=O) groups excluding carboxylic acids is 1. The van der Waals surface area contributed by atoms with Crippen molar-refractivity contribution in [2.24, 2.45) is 0 Å². The predicted octanol–water partition coefficient (Wildman–Crippen LogP) is 3.63. The van der Waals surface area contributed by atoms with Crippen molar-refractivity contribution >= 4 is 5.91 Å². The lowest BCUT2D eigenvalue weighted by Gasteiger charge is -2.20. The summed E-state index contributed by atoms with van der Waals surface area (Å²) in [5, 5.41) is 0. The molecular weight excluding hydrogens is 290 g/mol. The van der Waals surface area contributed by atoms with Crippen LogP contribution in [-0.4, -0.2) is 37.1 Å². The normalized spacial score (nSPS) is 10.2. The van der Waals surface area contributed by atoms with Gasteiger partial charge in [0.15, 0.2) is 0 Å². The van der Waals surface area contributed by atoms with E-state index >= 15 is 0 Å².